The van der Waals surface area contributed by atoms with Crippen molar-refractivity contribution in [3.05, 3.63) is 35.9 Å². The van der Waals surface area contributed by atoms with Gasteiger partial charge in [-0.1, -0.05) is 37.3 Å². The van der Waals surface area contributed by atoms with Gasteiger partial charge >= 0.3 is 12.1 Å². The van der Waals surface area contributed by atoms with Gasteiger partial charge in [0, 0.05) is 12.1 Å². The molecule has 23 heavy (non-hydrogen) atoms. The van der Waals surface area contributed by atoms with Gasteiger partial charge in [0.05, 0.1) is 5.92 Å². The van der Waals surface area contributed by atoms with Crippen LogP contribution in [-0.2, 0) is 14.3 Å². The van der Waals surface area contributed by atoms with Crippen LogP contribution in [0.2, 0.25) is 0 Å². The number of carbonyl (C=O) groups is 3. The highest BCUT2D eigenvalue weighted by atomic mass is 16.6. The summed E-state index contributed by atoms with van der Waals surface area (Å²) in [5.41, 5.74) is -0.115. The molecule has 0 radical (unpaired) electrons. The highest BCUT2D eigenvalue weighted by Crippen LogP contribution is 2.07. The predicted octanol–water partition coefficient (Wildman–Crippen LogP) is 2.57. The van der Waals surface area contributed by atoms with Crippen molar-refractivity contribution in [3.63, 3.8) is 0 Å². The Kier molecular flexibility index (Phi) is 6.75. The number of benzene rings is 1. The van der Waals surface area contributed by atoms with Gasteiger partial charge in [0.2, 0.25) is 0 Å². The average molecular weight is 321 g/mol. The van der Waals surface area contributed by atoms with E-state index in [4.69, 9.17) is 9.47 Å². The molecule has 0 heterocycles. The lowest BCUT2D eigenvalue weighted by atomic mass is 10.1. The number of ether oxygens (including phenoxy) is 2. The van der Waals surface area contributed by atoms with E-state index in [-0.39, 0.29) is 18.9 Å². The summed E-state index contributed by atoms with van der Waals surface area (Å²) in [7, 11) is 0. The van der Waals surface area contributed by atoms with Crippen LogP contribution in [0, 0.1) is 5.92 Å². The Bertz CT molecular complexity index is 548. The van der Waals surface area contributed by atoms with E-state index in [0.29, 0.717) is 5.56 Å². The quantitative estimate of drug-likeness (QED) is 0.643. The van der Waals surface area contributed by atoms with Crippen LogP contribution in [0.1, 0.15) is 38.1 Å². The fourth-order valence-electron chi connectivity index (χ4n) is 1.62. The lowest BCUT2D eigenvalue weighted by Gasteiger charge is -2.20. The molecule has 0 bridgehead atoms. The molecule has 0 aliphatic carbocycles. The topological polar surface area (TPSA) is 81.7 Å². The van der Waals surface area contributed by atoms with Crippen LogP contribution in [0.4, 0.5) is 4.79 Å². The van der Waals surface area contributed by atoms with Crippen LogP contribution in [0.3, 0.4) is 0 Å². The lowest BCUT2D eigenvalue weighted by molar-refractivity contribution is -0.146. The van der Waals surface area contributed by atoms with Gasteiger partial charge in [-0.25, -0.2) is 4.79 Å². The molecule has 0 aliphatic heterocycles. The van der Waals surface area contributed by atoms with E-state index in [1.807, 2.05) is 0 Å². The minimum absolute atomic E-state index is 0.0767. The maximum absolute atomic E-state index is 11.8. The van der Waals surface area contributed by atoms with Crippen molar-refractivity contribution in [2.75, 3.05) is 13.2 Å². The van der Waals surface area contributed by atoms with Gasteiger partial charge in [-0.05, 0) is 20.8 Å². The molecular weight excluding hydrogens is 298 g/mol. The molecule has 1 rings (SSSR count). The van der Waals surface area contributed by atoms with Crippen LogP contribution >= 0.6 is 0 Å². The van der Waals surface area contributed by atoms with Gasteiger partial charge in [-0.2, -0.15) is 0 Å². The fourth-order valence-corrected chi connectivity index (χ4v) is 1.62. The van der Waals surface area contributed by atoms with Crippen LogP contribution in [0.15, 0.2) is 30.3 Å². The normalized spacial score (nSPS) is 12.2. The molecule has 1 unspecified atom stereocenters. The molecule has 1 amide bonds. The summed E-state index contributed by atoms with van der Waals surface area (Å²) in [5.74, 6) is -1.40. The van der Waals surface area contributed by atoms with Gasteiger partial charge in [-0.15, -0.1) is 0 Å². The van der Waals surface area contributed by atoms with Gasteiger partial charge in [0.25, 0.3) is 0 Å². The number of nitrogens with one attached hydrogen (secondary N) is 1. The number of hydrogen-bond acceptors (Lipinski definition) is 5. The van der Waals surface area contributed by atoms with Crippen molar-refractivity contribution in [1.29, 1.82) is 0 Å². The Hall–Kier alpha value is -2.37. The summed E-state index contributed by atoms with van der Waals surface area (Å²) in [6.07, 6.45) is -0.600. The summed E-state index contributed by atoms with van der Waals surface area (Å²) in [6, 6.07) is 8.59. The summed E-state index contributed by atoms with van der Waals surface area (Å²) in [5, 5.41) is 2.49. The van der Waals surface area contributed by atoms with E-state index in [1.54, 1.807) is 58.0 Å². The minimum atomic E-state index is -0.601. The van der Waals surface area contributed by atoms with E-state index in [0.717, 1.165) is 0 Å². The first kappa shape index (κ1) is 18.7. The first-order valence-corrected chi connectivity index (χ1v) is 7.41. The van der Waals surface area contributed by atoms with E-state index >= 15 is 0 Å². The molecule has 6 heteroatoms. The fraction of sp³-hybridized carbons (Fsp3) is 0.471. The molecule has 1 atom stereocenters. The Labute approximate surface area is 136 Å². The van der Waals surface area contributed by atoms with E-state index in [9.17, 15) is 14.4 Å². The van der Waals surface area contributed by atoms with Crippen LogP contribution < -0.4 is 5.32 Å². The van der Waals surface area contributed by atoms with Crippen molar-refractivity contribution >= 4 is 17.8 Å². The van der Waals surface area contributed by atoms with Crippen LogP contribution in [-0.4, -0.2) is 36.6 Å². The van der Waals surface area contributed by atoms with E-state index in [2.05, 4.69) is 5.32 Å². The zero-order valence-electron chi connectivity index (χ0n) is 13.9. The standard InChI is InChI=1S/C17H23NO5/c1-12(10-18-16(21)23-17(2,3)4)15(20)22-11-14(19)13-8-6-5-7-9-13/h5-9,12H,10-11H2,1-4H3,(H,18,21). The smallest absolute Gasteiger partial charge is 0.407 e. The van der Waals surface area contributed by atoms with Gasteiger partial charge < -0.3 is 14.8 Å². The van der Waals surface area contributed by atoms with Crippen molar-refractivity contribution in [2.45, 2.75) is 33.3 Å². The monoisotopic (exact) mass is 321 g/mol. The van der Waals surface area contributed by atoms with Crippen molar-refractivity contribution in [2.24, 2.45) is 5.92 Å². The number of ketones is 1. The van der Waals surface area contributed by atoms with Gasteiger partial charge in [-0.3, -0.25) is 9.59 Å². The Morgan fingerprint density at radius 2 is 1.74 bits per heavy atom. The molecular formula is C17H23NO5. The van der Waals surface area contributed by atoms with E-state index in [1.165, 1.54) is 0 Å². The Balaban J connectivity index is 2.34. The zero-order chi connectivity index (χ0) is 17.5. The maximum Gasteiger partial charge on any atom is 0.407 e. The third kappa shape index (κ3) is 7.44. The first-order chi connectivity index (χ1) is 10.7. The van der Waals surface area contributed by atoms with Crippen LogP contribution in [0.5, 0.6) is 0 Å². The molecule has 0 fully saturated rings. The molecule has 1 N–H and O–H groups in total. The number of amides is 1. The predicted molar refractivity (Wildman–Crippen MR) is 85.1 cm³/mol. The molecule has 0 saturated heterocycles. The number of esters is 1. The molecule has 6 nitrogen and oxygen atoms in total. The highest BCUT2D eigenvalue weighted by molar-refractivity contribution is 5.97. The lowest BCUT2D eigenvalue weighted by Crippen LogP contribution is -2.37. The highest BCUT2D eigenvalue weighted by Gasteiger charge is 2.20. The Morgan fingerprint density at radius 3 is 2.30 bits per heavy atom. The molecule has 0 saturated carbocycles. The molecule has 1 aromatic rings. The molecule has 0 aliphatic rings. The summed E-state index contributed by atoms with van der Waals surface area (Å²) in [6.45, 7) is 6.61. The van der Waals surface area contributed by atoms with Crippen LogP contribution in [0.25, 0.3) is 0 Å². The SMILES string of the molecule is CC(CNC(=O)OC(C)(C)C)C(=O)OCC(=O)c1ccccc1. The minimum Gasteiger partial charge on any atom is -0.457 e. The number of rotatable bonds is 6. The van der Waals surface area contributed by atoms with Gasteiger partial charge in [0.15, 0.2) is 12.4 Å². The van der Waals surface area contributed by atoms with Crippen molar-refractivity contribution in [3.8, 4) is 0 Å². The van der Waals surface area contributed by atoms with Crippen molar-refractivity contribution in [1.82, 2.24) is 5.32 Å². The number of Topliss-reactive ketones (excluding diaryl/α,β-unsaturated/α-hetero) is 1. The second-order valence-electron chi connectivity index (χ2n) is 6.18. The summed E-state index contributed by atoms with van der Waals surface area (Å²) >= 11 is 0. The van der Waals surface area contributed by atoms with Crippen molar-refractivity contribution < 1.29 is 23.9 Å². The van der Waals surface area contributed by atoms with Gasteiger partial charge in [0.1, 0.15) is 5.60 Å². The summed E-state index contributed by atoms with van der Waals surface area (Å²) in [4.78, 5) is 35.1. The molecule has 0 aromatic heterocycles. The number of carbonyl (C=O) groups excluding carboxylic acids is 3. The zero-order valence-corrected chi connectivity index (χ0v) is 13.9. The average Bonchev–Trinajstić information content (AvgIpc) is 2.49. The molecule has 0 spiro atoms. The third-order valence-corrected chi connectivity index (χ3v) is 2.80. The largest absolute Gasteiger partial charge is 0.457 e. The number of alkyl carbamates (subject to hydrolysis) is 1. The molecule has 126 valence electrons. The first-order valence-electron chi connectivity index (χ1n) is 7.41. The maximum atomic E-state index is 11.8. The number of hydrogen-bond donors (Lipinski definition) is 1. The second kappa shape index (κ2) is 8.31. The Morgan fingerprint density at radius 1 is 1.13 bits per heavy atom. The molecule has 1 aromatic carbocycles. The third-order valence-electron chi connectivity index (χ3n) is 2.80. The van der Waals surface area contributed by atoms with E-state index < -0.39 is 23.6 Å². The summed E-state index contributed by atoms with van der Waals surface area (Å²) < 4.78 is 10.0. The second-order valence-corrected chi connectivity index (χ2v) is 6.18.